The second kappa shape index (κ2) is 10.0. The van der Waals surface area contributed by atoms with Crippen LogP contribution in [0.2, 0.25) is 5.02 Å². The van der Waals surface area contributed by atoms with Crippen LogP contribution in [0.25, 0.3) is 11.1 Å². The third-order valence-corrected chi connectivity index (χ3v) is 5.02. The van der Waals surface area contributed by atoms with E-state index in [0.717, 1.165) is 34.7 Å². The van der Waals surface area contributed by atoms with Crippen LogP contribution in [0.5, 0.6) is 0 Å². The Bertz CT molecular complexity index is 894. The van der Waals surface area contributed by atoms with E-state index >= 15 is 0 Å². The third-order valence-electron chi connectivity index (χ3n) is 4.79. The maximum absolute atomic E-state index is 12.3. The summed E-state index contributed by atoms with van der Waals surface area (Å²) in [5, 5.41) is 3.89. The summed E-state index contributed by atoms with van der Waals surface area (Å²) in [6, 6.07) is 22.2. The molecule has 3 aromatic rings. The molecule has 0 saturated heterocycles. The summed E-state index contributed by atoms with van der Waals surface area (Å²) >= 11 is 6.08. The molecule has 1 N–H and O–H groups in total. The molecule has 2 aromatic carbocycles. The second-order valence-electron chi connectivity index (χ2n) is 6.91. The number of aryl methyl sites for hydroxylation is 1. The van der Waals surface area contributed by atoms with Crippen LogP contribution in [0.15, 0.2) is 72.9 Å². The number of benzene rings is 2. The van der Waals surface area contributed by atoms with Crippen molar-refractivity contribution in [1.82, 2.24) is 10.3 Å². The molecule has 28 heavy (non-hydrogen) atoms. The molecule has 0 bridgehead atoms. The van der Waals surface area contributed by atoms with Gasteiger partial charge in [0.15, 0.2) is 0 Å². The van der Waals surface area contributed by atoms with Gasteiger partial charge in [0.2, 0.25) is 5.91 Å². The Hall–Kier alpha value is -2.65. The molecule has 0 saturated carbocycles. The van der Waals surface area contributed by atoms with Gasteiger partial charge in [0.1, 0.15) is 0 Å². The number of carbonyl (C=O) groups excluding carboxylic acids is 1. The van der Waals surface area contributed by atoms with E-state index in [-0.39, 0.29) is 11.9 Å². The first-order valence-corrected chi connectivity index (χ1v) is 10.1. The molecule has 0 radical (unpaired) electrons. The van der Waals surface area contributed by atoms with Crippen LogP contribution >= 0.6 is 11.6 Å². The quantitative estimate of drug-likeness (QED) is 0.552. The van der Waals surface area contributed by atoms with Crippen molar-refractivity contribution in [2.24, 2.45) is 0 Å². The van der Waals surface area contributed by atoms with Gasteiger partial charge in [-0.15, -0.1) is 0 Å². The Labute approximate surface area is 171 Å². The van der Waals surface area contributed by atoms with Crippen molar-refractivity contribution in [3.05, 3.63) is 89.2 Å². The van der Waals surface area contributed by atoms with Gasteiger partial charge in [-0.1, -0.05) is 61.0 Å². The van der Waals surface area contributed by atoms with E-state index in [1.807, 2.05) is 36.4 Å². The summed E-state index contributed by atoms with van der Waals surface area (Å²) in [4.78, 5) is 16.6. The molecule has 1 unspecified atom stereocenters. The minimum Gasteiger partial charge on any atom is -0.353 e. The number of carbonyl (C=O) groups is 1. The maximum atomic E-state index is 12.3. The fraction of sp³-hybridized carbons (Fsp3) is 0.250. The molecule has 0 aliphatic rings. The molecule has 4 heteroatoms. The number of halogens is 1. The van der Waals surface area contributed by atoms with Gasteiger partial charge in [-0.25, -0.2) is 0 Å². The van der Waals surface area contributed by atoms with Crippen molar-refractivity contribution < 1.29 is 4.79 Å². The number of nitrogens with one attached hydrogen (secondary N) is 1. The number of hydrogen-bond donors (Lipinski definition) is 1. The topological polar surface area (TPSA) is 42.0 Å². The van der Waals surface area contributed by atoms with Gasteiger partial charge in [0, 0.05) is 29.4 Å². The molecule has 3 rings (SSSR count). The fourth-order valence-corrected chi connectivity index (χ4v) is 3.36. The molecule has 144 valence electrons. The van der Waals surface area contributed by atoms with Gasteiger partial charge in [-0.2, -0.15) is 0 Å². The molecular formula is C24H25ClN2O. The number of aromatic nitrogens is 1. The molecule has 0 fully saturated rings. The fourth-order valence-electron chi connectivity index (χ4n) is 3.17. The molecule has 0 aliphatic heterocycles. The van der Waals surface area contributed by atoms with Crippen LogP contribution in [0.1, 0.15) is 31.0 Å². The van der Waals surface area contributed by atoms with Crippen LogP contribution in [0.4, 0.5) is 0 Å². The lowest BCUT2D eigenvalue weighted by Crippen LogP contribution is -2.36. The van der Waals surface area contributed by atoms with Crippen LogP contribution in [0, 0.1) is 0 Å². The molecule has 1 aromatic heterocycles. The Morgan fingerprint density at radius 3 is 2.54 bits per heavy atom. The van der Waals surface area contributed by atoms with E-state index in [1.54, 1.807) is 6.20 Å². The molecular weight excluding hydrogens is 368 g/mol. The summed E-state index contributed by atoms with van der Waals surface area (Å²) < 4.78 is 0. The molecule has 0 aliphatic carbocycles. The second-order valence-corrected chi connectivity index (χ2v) is 7.34. The lowest BCUT2D eigenvalue weighted by molar-refractivity contribution is -0.121. The molecule has 1 atom stereocenters. The summed E-state index contributed by atoms with van der Waals surface area (Å²) in [5.74, 6) is 0.0769. The van der Waals surface area contributed by atoms with Crippen LogP contribution in [0.3, 0.4) is 0 Å². The van der Waals surface area contributed by atoms with Gasteiger partial charge < -0.3 is 5.32 Å². The van der Waals surface area contributed by atoms with Gasteiger partial charge in [-0.3, -0.25) is 9.78 Å². The standard InChI is InChI=1S/C24H25ClN2O/c1-2-22(27-24(28)14-13-23-8-3-4-15-26-23)16-18-9-11-19(12-10-18)20-6-5-7-21(25)17-20/h3-12,15,17,22H,2,13-14,16H2,1H3,(H,27,28). The Kier molecular flexibility index (Phi) is 7.21. The Morgan fingerprint density at radius 1 is 1.04 bits per heavy atom. The largest absolute Gasteiger partial charge is 0.353 e. The molecule has 1 amide bonds. The summed E-state index contributed by atoms with van der Waals surface area (Å²) in [7, 11) is 0. The summed E-state index contributed by atoms with van der Waals surface area (Å²) in [5.41, 5.74) is 4.40. The highest BCUT2D eigenvalue weighted by Crippen LogP contribution is 2.23. The van der Waals surface area contributed by atoms with Crippen molar-refractivity contribution in [3.63, 3.8) is 0 Å². The van der Waals surface area contributed by atoms with E-state index in [0.29, 0.717) is 12.8 Å². The van der Waals surface area contributed by atoms with Crippen LogP contribution < -0.4 is 5.32 Å². The van der Waals surface area contributed by atoms with Crippen molar-refractivity contribution >= 4 is 17.5 Å². The Morgan fingerprint density at radius 2 is 1.86 bits per heavy atom. The molecule has 0 spiro atoms. The first-order chi connectivity index (χ1) is 13.6. The highest BCUT2D eigenvalue weighted by Gasteiger charge is 2.12. The molecule has 3 nitrogen and oxygen atoms in total. The minimum absolute atomic E-state index is 0.0769. The average molecular weight is 393 g/mol. The zero-order valence-electron chi connectivity index (χ0n) is 16.1. The van der Waals surface area contributed by atoms with Crippen molar-refractivity contribution in [2.75, 3.05) is 0 Å². The highest BCUT2D eigenvalue weighted by molar-refractivity contribution is 6.30. The highest BCUT2D eigenvalue weighted by atomic mass is 35.5. The number of rotatable bonds is 8. The van der Waals surface area contributed by atoms with E-state index < -0.39 is 0 Å². The molecule has 1 heterocycles. The van der Waals surface area contributed by atoms with Crippen molar-refractivity contribution in [2.45, 2.75) is 38.6 Å². The first kappa shape index (κ1) is 20.1. The summed E-state index contributed by atoms with van der Waals surface area (Å²) in [6.07, 6.45) is 4.60. The minimum atomic E-state index is 0.0769. The number of pyridine rings is 1. The number of nitrogens with zero attached hydrogens (tertiary/aromatic N) is 1. The predicted octanol–water partition coefficient (Wildman–Crippen LogP) is 5.47. The van der Waals surface area contributed by atoms with Crippen molar-refractivity contribution in [3.8, 4) is 11.1 Å². The SMILES string of the molecule is CCC(Cc1ccc(-c2cccc(Cl)c2)cc1)NC(=O)CCc1ccccn1. The van der Waals surface area contributed by atoms with E-state index in [1.165, 1.54) is 5.56 Å². The predicted molar refractivity (Wildman–Crippen MR) is 115 cm³/mol. The van der Waals surface area contributed by atoms with Gasteiger partial charge >= 0.3 is 0 Å². The number of amides is 1. The zero-order chi connectivity index (χ0) is 19.8. The normalized spacial score (nSPS) is 11.8. The smallest absolute Gasteiger partial charge is 0.220 e. The first-order valence-electron chi connectivity index (χ1n) is 9.68. The zero-order valence-corrected chi connectivity index (χ0v) is 16.8. The van der Waals surface area contributed by atoms with E-state index in [9.17, 15) is 4.79 Å². The van der Waals surface area contributed by atoms with E-state index in [4.69, 9.17) is 11.6 Å². The Balaban J connectivity index is 1.54. The lowest BCUT2D eigenvalue weighted by Gasteiger charge is -2.17. The van der Waals surface area contributed by atoms with Crippen LogP contribution in [-0.4, -0.2) is 16.9 Å². The third kappa shape index (κ3) is 5.93. The van der Waals surface area contributed by atoms with Gasteiger partial charge in [-0.05, 0) is 60.2 Å². The maximum Gasteiger partial charge on any atom is 0.220 e. The monoisotopic (exact) mass is 392 g/mol. The van der Waals surface area contributed by atoms with E-state index in [2.05, 4.69) is 47.6 Å². The van der Waals surface area contributed by atoms with Crippen molar-refractivity contribution in [1.29, 1.82) is 0 Å². The van der Waals surface area contributed by atoms with Gasteiger partial charge in [0.05, 0.1) is 0 Å². The van der Waals surface area contributed by atoms with Gasteiger partial charge in [0.25, 0.3) is 0 Å². The average Bonchev–Trinajstić information content (AvgIpc) is 2.73. The lowest BCUT2D eigenvalue weighted by atomic mass is 9.99. The van der Waals surface area contributed by atoms with Crippen LogP contribution in [-0.2, 0) is 17.6 Å². The number of hydrogen-bond acceptors (Lipinski definition) is 2. The summed E-state index contributed by atoms with van der Waals surface area (Å²) in [6.45, 7) is 2.10.